The fourth-order valence-corrected chi connectivity index (χ4v) is 3.51. The molecule has 2 fully saturated rings. The van der Waals surface area contributed by atoms with E-state index in [-0.39, 0.29) is 17.6 Å². The predicted octanol–water partition coefficient (Wildman–Crippen LogP) is 2.74. The van der Waals surface area contributed by atoms with Gasteiger partial charge >= 0.3 is 6.09 Å². The van der Waals surface area contributed by atoms with Gasteiger partial charge in [0, 0.05) is 48.9 Å². The zero-order chi connectivity index (χ0) is 16.8. The first kappa shape index (κ1) is 16.3. The number of nitrogens with one attached hydrogen (secondary N) is 1. The van der Waals surface area contributed by atoms with Crippen LogP contribution in [0.5, 0.6) is 0 Å². The standard InChI is InChI=1S/C17H28N4O2/c1-12(2)21-9-13(8-19-21)14-17(10-18-14)6-7-20(11-17)15(22)23-16(3,4)5/h8-9,12,14,18H,6-7,10-11H2,1-5H3/t14-,17+/m1/s1. The van der Waals surface area contributed by atoms with Gasteiger partial charge in [0.05, 0.1) is 6.20 Å². The van der Waals surface area contributed by atoms with Crippen molar-refractivity contribution in [2.45, 2.75) is 58.7 Å². The molecule has 1 N–H and O–H groups in total. The first-order valence-corrected chi connectivity index (χ1v) is 8.46. The van der Waals surface area contributed by atoms with Crippen molar-refractivity contribution < 1.29 is 9.53 Å². The number of hydrogen-bond acceptors (Lipinski definition) is 4. The van der Waals surface area contributed by atoms with E-state index in [0.29, 0.717) is 6.04 Å². The summed E-state index contributed by atoms with van der Waals surface area (Å²) in [4.78, 5) is 14.1. The average Bonchev–Trinajstić information content (AvgIpc) is 3.03. The second-order valence-electron chi connectivity index (χ2n) is 8.18. The van der Waals surface area contributed by atoms with Crippen LogP contribution in [0.1, 0.15) is 58.7 Å². The van der Waals surface area contributed by atoms with Crippen LogP contribution < -0.4 is 5.32 Å². The Labute approximate surface area is 138 Å². The van der Waals surface area contributed by atoms with Crippen molar-refractivity contribution in [3.63, 3.8) is 0 Å². The molecule has 6 heteroatoms. The molecule has 3 heterocycles. The second-order valence-corrected chi connectivity index (χ2v) is 8.18. The van der Waals surface area contributed by atoms with Gasteiger partial charge < -0.3 is 15.0 Å². The van der Waals surface area contributed by atoms with Crippen LogP contribution in [-0.4, -0.2) is 46.0 Å². The van der Waals surface area contributed by atoms with Crippen LogP contribution in [0.15, 0.2) is 12.4 Å². The van der Waals surface area contributed by atoms with Crippen molar-refractivity contribution in [2.75, 3.05) is 19.6 Å². The lowest BCUT2D eigenvalue weighted by Gasteiger charge is -2.47. The maximum Gasteiger partial charge on any atom is 0.410 e. The Morgan fingerprint density at radius 1 is 1.48 bits per heavy atom. The summed E-state index contributed by atoms with van der Waals surface area (Å²) in [6.07, 6.45) is 4.89. The number of likely N-dealkylation sites (tertiary alicyclic amines) is 1. The van der Waals surface area contributed by atoms with E-state index in [2.05, 4.69) is 30.5 Å². The Balaban J connectivity index is 1.68. The van der Waals surface area contributed by atoms with E-state index < -0.39 is 5.60 Å². The van der Waals surface area contributed by atoms with Gasteiger partial charge in [0.1, 0.15) is 5.60 Å². The lowest BCUT2D eigenvalue weighted by molar-refractivity contribution is 0.0216. The van der Waals surface area contributed by atoms with Crippen LogP contribution in [-0.2, 0) is 4.74 Å². The molecule has 0 radical (unpaired) electrons. The monoisotopic (exact) mass is 320 g/mol. The summed E-state index contributed by atoms with van der Waals surface area (Å²) in [5, 5.41) is 7.97. The van der Waals surface area contributed by atoms with Crippen molar-refractivity contribution in [1.29, 1.82) is 0 Å². The van der Waals surface area contributed by atoms with E-state index in [1.807, 2.05) is 36.5 Å². The zero-order valence-corrected chi connectivity index (χ0v) is 14.8. The molecule has 1 amide bonds. The molecular formula is C17H28N4O2. The summed E-state index contributed by atoms with van der Waals surface area (Å²) >= 11 is 0. The normalized spacial score (nSPS) is 27.6. The Bertz CT molecular complexity index is 590. The van der Waals surface area contributed by atoms with Crippen molar-refractivity contribution in [3.8, 4) is 0 Å². The minimum absolute atomic E-state index is 0.127. The lowest BCUT2D eigenvalue weighted by atomic mass is 9.70. The smallest absolute Gasteiger partial charge is 0.410 e. The third kappa shape index (κ3) is 3.09. The quantitative estimate of drug-likeness (QED) is 0.910. The number of amides is 1. The lowest BCUT2D eigenvalue weighted by Crippen LogP contribution is -2.57. The Hall–Kier alpha value is -1.56. The maximum atomic E-state index is 12.3. The molecule has 2 aliphatic heterocycles. The van der Waals surface area contributed by atoms with Crippen molar-refractivity contribution in [3.05, 3.63) is 18.0 Å². The third-order valence-corrected chi connectivity index (χ3v) is 4.79. The highest BCUT2D eigenvalue weighted by Crippen LogP contribution is 2.48. The Kier molecular flexibility index (Phi) is 3.91. The third-order valence-electron chi connectivity index (χ3n) is 4.79. The molecular weight excluding hydrogens is 292 g/mol. The molecule has 1 spiro atoms. The van der Waals surface area contributed by atoms with Crippen LogP contribution in [0.2, 0.25) is 0 Å². The number of carbonyl (C=O) groups excluding carboxylic acids is 1. The van der Waals surface area contributed by atoms with E-state index >= 15 is 0 Å². The van der Waals surface area contributed by atoms with E-state index in [4.69, 9.17) is 4.74 Å². The topological polar surface area (TPSA) is 59.4 Å². The van der Waals surface area contributed by atoms with Crippen molar-refractivity contribution in [2.24, 2.45) is 5.41 Å². The number of carbonyl (C=O) groups is 1. The summed E-state index contributed by atoms with van der Waals surface area (Å²) in [5.41, 5.74) is 0.903. The molecule has 2 aliphatic rings. The molecule has 2 atom stereocenters. The number of aromatic nitrogens is 2. The molecule has 128 valence electrons. The molecule has 0 aliphatic carbocycles. The number of nitrogens with zero attached hydrogens (tertiary/aromatic N) is 3. The average molecular weight is 320 g/mol. The molecule has 0 aromatic carbocycles. The van der Waals surface area contributed by atoms with Gasteiger partial charge in [0.15, 0.2) is 0 Å². The molecule has 2 saturated heterocycles. The van der Waals surface area contributed by atoms with Crippen LogP contribution in [0, 0.1) is 5.41 Å². The number of ether oxygens (including phenoxy) is 1. The van der Waals surface area contributed by atoms with Gasteiger partial charge in [0.25, 0.3) is 0 Å². The van der Waals surface area contributed by atoms with Gasteiger partial charge in [-0.05, 0) is 41.0 Å². The Morgan fingerprint density at radius 3 is 2.74 bits per heavy atom. The molecule has 6 nitrogen and oxygen atoms in total. The summed E-state index contributed by atoms with van der Waals surface area (Å²) in [5.74, 6) is 0. The van der Waals surface area contributed by atoms with E-state index in [0.717, 1.165) is 26.1 Å². The fourth-order valence-electron chi connectivity index (χ4n) is 3.51. The SMILES string of the molecule is CC(C)n1cc([C@H]2NC[C@]23CCN(C(=O)OC(C)(C)C)C3)cn1. The fraction of sp³-hybridized carbons (Fsp3) is 0.765. The van der Waals surface area contributed by atoms with Gasteiger partial charge in [-0.25, -0.2) is 4.79 Å². The molecule has 0 saturated carbocycles. The molecule has 3 rings (SSSR count). The highest BCUT2D eigenvalue weighted by molar-refractivity contribution is 5.68. The molecule has 0 bridgehead atoms. The van der Waals surface area contributed by atoms with Gasteiger partial charge in [-0.15, -0.1) is 0 Å². The van der Waals surface area contributed by atoms with Crippen LogP contribution >= 0.6 is 0 Å². The van der Waals surface area contributed by atoms with Crippen molar-refractivity contribution >= 4 is 6.09 Å². The first-order valence-electron chi connectivity index (χ1n) is 8.46. The van der Waals surface area contributed by atoms with Gasteiger partial charge in [0.2, 0.25) is 0 Å². The Morgan fingerprint density at radius 2 is 2.22 bits per heavy atom. The summed E-state index contributed by atoms with van der Waals surface area (Å²) < 4.78 is 7.50. The largest absolute Gasteiger partial charge is 0.444 e. The second kappa shape index (κ2) is 5.51. The molecule has 0 unspecified atom stereocenters. The maximum absolute atomic E-state index is 12.3. The van der Waals surface area contributed by atoms with E-state index in [1.54, 1.807) is 0 Å². The van der Waals surface area contributed by atoms with E-state index in [1.165, 1.54) is 5.56 Å². The summed E-state index contributed by atoms with van der Waals surface area (Å²) in [7, 11) is 0. The number of hydrogen-bond donors (Lipinski definition) is 1. The van der Waals surface area contributed by atoms with Crippen LogP contribution in [0.3, 0.4) is 0 Å². The highest BCUT2D eigenvalue weighted by Gasteiger charge is 2.53. The van der Waals surface area contributed by atoms with Gasteiger partial charge in [-0.1, -0.05) is 0 Å². The van der Waals surface area contributed by atoms with Crippen LogP contribution in [0.25, 0.3) is 0 Å². The minimum atomic E-state index is -0.442. The van der Waals surface area contributed by atoms with Crippen LogP contribution in [0.4, 0.5) is 4.79 Å². The summed E-state index contributed by atoms with van der Waals surface area (Å²) in [6.45, 7) is 12.4. The minimum Gasteiger partial charge on any atom is -0.444 e. The number of rotatable bonds is 2. The summed E-state index contributed by atoms with van der Waals surface area (Å²) in [6, 6.07) is 0.643. The van der Waals surface area contributed by atoms with Gasteiger partial charge in [-0.3, -0.25) is 4.68 Å². The first-order chi connectivity index (χ1) is 10.7. The highest BCUT2D eigenvalue weighted by atomic mass is 16.6. The molecule has 1 aromatic rings. The molecule has 1 aromatic heterocycles. The van der Waals surface area contributed by atoms with Gasteiger partial charge in [-0.2, -0.15) is 5.10 Å². The van der Waals surface area contributed by atoms with Crippen molar-refractivity contribution in [1.82, 2.24) is 20.0 Å². The zero-order valence-electron chi connectivity index (χ0n) is 14.8. The van der Waals surface area contributed by atoms with E-state index in [9.17, 15) is 4.79 Å². The molecule has 23 heavy (non-hydrogen) atoms. The predicted molar refractivity (Wildman–Crippen MR) is 88.2 cm³/mol.